The van der Waals surface area contributed by atoms with Crippen LogP contribution in [-0.2, 0) is 14.3 Å². The van der Waals surface area contributed by atoms with Gasteiger partial charge in [-0.25, -0.2) is 0 Å². The summed E-state index contributed by atoms with van der Waals surface area (Å²) < 4.78 is 5.84. The maximum absolute atomic E-state index is 12.7. The van der Waals surface area contributed by atoms with Crippen LogP contribution in [0.25, 0.3) is 0 Å². The van der Waals surface area contributed by atoms with E-state index >= 15 is 0 Å². The second-order valence-electron chi connectivity index (χ2n) is 15.3. The quantitative estimate of drug-likeness (QED) is 0.267. The zero-order valence-electron chi connectivity index (χ0n) is 25.3. The molecule has 0 aromatic rings. The predicted molar refractivity (Wildman–Crippen MR) is 150 cm³/mol. The average molecular weight is 531 g/mol. The third-order valence-electron chi connectivity index (χ3n) is 13.1. The van der Waals surface area contributed by atoms with Crippen LogP contribution in [0.1, 0.15) is 113 Å². The Labute approximate surface area is 231 Å². The lowest BCUT2D eigenvalue weighted by molar-refractivity contribution is -0.210. The van der Waals surface area contributed by atoms with Crippen molar-refractivity contribution in [1.82, 2.24) is 0 Å². The molecule has 216 valence electrons. The molecule has 4 fully saturated rings. The second kappa shape index (κ2) is 9.93. The first kappa shape index (κ1) is 29.6. The van der Waals surface area contributed by atoms with E-state index in [1.54, 1.807) is 0 Å². The van der Waals surface area contributed by atoms with Gasteiger partial charge < -0.3 is 14.9 Å². The number of carboxylic acids is 1. The van der Waals surface area contributed by atoms with Crippen molar-refractivity contribution in [2.75, 3.05) is 0 Å². The number of rotatable bonds is 7. The average Bonchev–Trinajstić information content (AvgIpc) is 3.01. The summed E-state index contributed by atoms with van der Waals surface area (Å²) in [6, 6.07) is 0. The van der Waals surface area contributed by atoms with Gasteiger partial charge in [0.2, 0.25) is 0 Å². The molecule has 5 heteroatoms. The topological polar surface area (TPSA) is 83.8 Å². The second-order valence-corrected chi connectivity index (χ2v) is 15.3. The maximum atomic E-state index is 12.7. The Morgan fingerprint density at radius 1 is 0.974 bits per heavy atom. The van der Waals surface area contributed by atoms with Gasteiger partial charge in [0, 0.05) is 18.3 Å². The molecule has 0 heterocycles. The van der Waals surface area contributed by atoms with E-state index < -0.39 is 18.0 Å². The Morgan fingerprint density at radius 2 is 1.63 bits per heavy atom. The summed E-state index contributed by atoms with van der Waals surface area (Å²) in [5, 5.41) is 22.0. The highest BCUT2D eigenvalue weighted by Gasteiger charge is 2.70. The third kappa shape index (κ3) is 4.38. The fraction of sp³-hybridized carbons (Fsp3) is 0.879. The van der Waals surface area contributed by atoms with Crippen molar-refractivity contribution >= 4 is 11.9 Å². The highest BCUT2D eigenvalue weighted by molar-refractivity contribution is 5.71. The molecule has 0 saturated heterocycles. The van der Waals surface area contributed by atoms with Crippen LogP contribution in [0.3, 0.4) is 0 Å². The van der Waals surface area contributed by atoms with Crippen molar-refractivity contribution in [2.45, 2.75) is 125 Å². The van der Waals surface area contributed by atoms with Gasteiger partial charge in [-0.1, -0.05) is 60.6 Å². The van der Waals surface area contributed by atoms with Crippen molar-refractivity contribution in [3.05, 3.63) is 12.2 Å². The molecule has 0 amide bonds. The summed E-state index contributed by atoms with van der Waals surface area (Å²) >= 11 is 0. The van der Waals surface area contributed by atoms with Gasteiger partial charge in [-0.15, -0.1) is 0 Å². The predicted octanol–water partition coefficient (Wildman–Crippen LogP) is 7.27. The zero-order valence-corrected chi connectivity index (χ0v) is 25.3. The van der Waals surface area contributed by atoms with Crippen LogP contribution < -0.4 is 0 Å². The maximum Gasteiger partial charge on any atom is 0.306 e. The molecule has 0 spiro atoms. The molecule has 3 unspecified atom stereocenters. The number of hydrogen-bond acceptors (Lipinski definition) is 4. The van der Waals surface area contributed by atoms with Gasteiger partial charge in [-0.3, -0.25) is 9.59 Å². The lowest BCUT2D eigenvalue weighted by Gasteiger charge is -2.67. The summed E-state index contributed by atoms with van der Waals surface area (Å²) in [6.07, 6.45) is 7.58. The molecule has 0 radical (unpaired) electrons. The normalized spacial score (nSPS) is 44.5. The number of hydrogen-bond donors (Lipinski definition) is 2. The van der Waals surface area contributed by atoms with Crippen molar-refractivity contribution in [1.29, 1.82) is 0 Å². The molecule has 0 aliphatic heterocycles. The Bertz CT molecular complexity index is 953. The number of esters is 1. The van der Waals surface area contributed by atoms with Gasteiger partial charge in [-0.05, 0) is 97.7 Å². The summed E-state index contributed by atoms with van der Waals surface area (Å²) in [7, 11) is 0. The molecule has 4 aliphatic rings. The van der Waals surface area contributed by atoms with Crippen LogP contribution in [0, 0.1) is 57.2 Å². The minimum atomic E-state index is -0.764. The first-order valence-corrected chi connectivity index (χ1v) is 15.3. The number of carbonyl (C=O) groups excluding carboxylic acids is 1. The van der Waals surface area contributed by atoms with Crippen molar-refractivity contribution in [2.24, 2.45) is 57.2 Å². The summed E-state index contributed by atoms with van der Waals surface area (Å²) in [4.78, 5) is 24.5. The van der Waals surface area contributed by atoms with E-state index in [0.29, 0.717) is 42.9 Å². The summed E-state index contributed by atoms with van der Waals surface area (Å²) in [5.41, 5.74) is 0.892. The minimum absolute atomic E-state index is 0.0336. The van der Waals surface area contributed by atoms with E-state index in [9.17, 15) is 19.8 Å². The summed E-state index contributed by atoms with van der Waals surface area (Å²) in [5.74, 6) is 0.122. The van der Waals surface area contributed by atoms with Crippen molar-refractivity contribution in [3.63, 3.8) is 0 Å². The number of aliphatic carboxylic acids is 1. The molecule has 2 N–H and O–H groups in total. The van der Waals surface area contributed by atoms with Crippen LogP contribution in [0.5, 0.6) is 0 Å². The lowest BCUT2D eigenvalue weighted by atomic mass is 9.38. The van der Waals surface area contributed by atoms with Crippen LogP contribution in [0.2, 0.25) is 0 Å². The van der Waals surface area contributed by atoms with E-state index in [0.717, 1.165) is 44.1 Å². The van der Waals surface area contributed by atoms with Crippen molar-refractivity contribution < 1.29 is 24.5 Å². The van der Waals surface area contributed by atoms with E-state index in [2.05, 4.69) is 55.0 Å². The number of carbonyl (C=O) groups is 2. The zero-order chi connectivity index (χ0) is 28.4. The highest BCUT2D eigenvalue weighted by Crippen LogP contribution is 2.74. The largest absolute Gasteiger partial charge is 0.481 e. The molecule has 0 aromatic heterocycles. The van der Waals surface area contributed by atoms with Gasteiger partial charge in [0.15, 0.2) is 0 Å². The van der Waals surface area contributed by atoms with Gasteiger partial charge in [-0.2, -0.15) is 0 Å². The molecule has 0 aromatic carbocycles. The Balaban J connectivity index is 1.63. The third-order valence-corrected chi connectivity index (χ3v) is 13.1. The van der Waals surface area contributed by atoms with Gasteiger partial charge >= 0.3 is 11.9 Å². The van der Waals surface area contributed by atoms with Gasteiger partial charge in [0.1, 0.15) is 6.10 Å². The van der Waals surface area contributed by atoms with Gasteiger partial charge in [0.25, 0.3) is 0 Å². The number of ether oxygens (including phenoxy) is 1. The van der Waals surface area contributed by atoms with E-state index in [1.165, 1.54) is 6.92 Å². The fourth-order valence-corrected chi connectivity index (χ4v) is 10.8. The van der Waals surface area contributed by atoms with Crippen LogP contribution >= 0.6 is 0 Å². The molecular weight excluding hydrogens is 476 g/mol. The molecule has 4 saturated carbocycles. The number of carboxylic acid groups (broad SMARTS) is 1. The molecule has 10 atom stereocenters. The molecule has 0 bridgehead atoms. The first-order chi connectivity index (χ1) is 17.5. The van der Waals surface area contributed by atoms with E-state index in [-0.39, 0.29) is 39.7 Å². The van der Waals surface area contributed by atoms with Crippen LogP contribution in [-0.4, -0.2) is 34.4 Å². The smallest absolute Gasteiger partial charge is 0.306 e. The molecule has 4 rings (SSSR count). The minimum Gasteiger partial charge on any atom is -0.481 e. The molecule has 4 aliphatic carbocycles. The molecule has 5 nitrogen and oxygen atoms in total. The number of aliphatic hydroxyl groups is 1. The standard InChI is InChI=1S/C33H54O5/c1-19(2)20(3)10-11-22(29(36)37)28-25(35)18-33(9)24-12-13-26-30(5,6)27(38-21(4)34)15-16-31(26,7)23(24)14-17-32(28,33)8/h19,22-28,35H,3,10-18H2,1-2,4-9H3,(H,36,37)/t22-,23?,24?,25-,26+,27?,28+,31-,32-,33+/m1/s1. The molecule has 38 heavy (non-hydrogen) atoms. The SMILES string of the molecule is C=C(CC[C@@H](C(=O)O)[C@H]1[C@H](O)C[C@@]2(C)C3CC[C@H]4C(C)(C)C(OC(C)=O)CC[C@]4(C)C3CC[C@]12C)C(C)C. The van der Waals surface area contributed by atoms with E-state index in [1.807, 2.05) is 0 Å². The van der Waals surface area contributed by atoms with Crippen LogP contribution in [0.15, 0.2) is 12.2 Å². The van der Waals surface area contributed by atoms with Crippen molar-refractivity contribution in [3.8, 4) is 0 Å². The number of fused-ring (bicyclic) bond motifs is 5. The summed E-state index contributed by atoms with van der Waals surface area (Å²) in [6.45, 7) is 21.7. The Kier molecular flexibility index (Phi) is 7.74. The van der Waals surface area contributed by atoms with E-state index in [4.69, 9.17) is 4.74 Å². The first-order valence-electron chi connectivity index (χ1n) is 15.3. The number of allylic oxidation sites excluding steroid dienone is 1. The Hall–Kier alpha value is -1.36. The number of aliphatic hydroxyl groups excluding tert-OH is 1. The highest BCUT2D eigenvalue weighted by atomic mass is 16.5. The fourth-order valence-electron chi connectivity index (χ4n) is 10.8. The lowest BCUT2D eigenvalue weighted by Crippen LogP contribution is -2.62. The monoisotopic (exact) mass is 530 g/mol. The Morgan fingerprint density at radius 3 is 2.21 bits per heavy atom. The van der Waals surface area contributed by atoms with Gasteiger partial charge in [0.05, 0.1) is 12.0 Å². The van der Waals surface area contributed by atoms with Crippen LogP contribution in [0.4, 0.5) is 0 Å². The molecular formula is C33H54O5.